The number of pyridine rings is 1. The molecule has 5 rings (SSSR count). The Kier molecular flexibility index (Phi) is 5.98. The third-order valence-corrected chi connectivity index (χ3v) is 7.19. The van der Waals surface area contributed by atoms with Crippen LogP contribution in [0.5, 0.6) is 17.4 Å². The molecule has 1 N–H and O–H groups in total. The zero-order valence-electron chi connectivity index (χ0n) is 19.1. The van der Waals surface area contributed by atoms with Gasteiger partial charge in [0.05, 0.1) is 34.4 Å². The van der Waals surface area contributed by atoms with Crippen LogP contribution in [0.4, 0.5) is 5.69 Å². The molecule has 4 heterocycles. The average molecular weight is 506 g/mol. The Bertz CT molecular complexity index is 1190. The van der Waals surface area contributed by atoms with Crippen molar-refractivity contribution < 1.29 is 23.8 Å². The maximum absolute atomic E-state index is 13.7. The molecule has 2 amide bonds. The van der Waals surface area contributed by atoms with Crippen LogP contribution in [0.3, 0.4) is 0 Å². The lowest BCUT2D eigenvalue weighted by atomic mass is 10.1. The minimum Gasteiger partial charge on any atom is -0.489 e. The minimum atomic E-state index is -0.283. The number of hydrogen-bond donors (Lipinski definition) is 1. The van der Waals surface area contributed by atoms with E-state index in [-0.39, 0.29) is 48.0 Å². The molecule has 34 heavy (non-hydrogen) atoms. The molecule has 2 atom stereocenters. The topological polar surface area (TPSA) is 90.0 Å². The van der Waals surface area contributed by atoms with Gasteiger partial charge in [-0.05, 0) is 38.3 Å². The highest BCUT2D eigenvalue weighted by molar-refractivity contribution is 6.39. The van der Waals surface area contributed by atoms with Gasteiger partial charge >= 0.3 is 0 Å². The molecule has 3 aliphatic rings. The fourth-order valence-electron chi connectivity index (χ4n) is 4.60. The summed E-state index contributed by atoms with van der Waals surface area (Å²) in [5.74, 6) is 0.725. The van der Waals surface area contributed by atoms with E-state index < -0.39 is 0 Å². The summed E-state index contributed by atoms with van der Waals surface area (Å²) in [6.45, 7) is 6.13. The molecule has 0 spiro atoms. The first-order valence-electron chi connectivity index (χ1n) is 11.3. The predicted octanol–water partition coefficient (Wildman–Crippen LogP) is 4.42. The Morgan fingerprint density at radius 2 is 2.03 bits per heavy atom. The first-order chi connectivity index (χ1) is 16.2. The van der Waals surface area contributed by atoms with Gasteiger partial charge in [0.15, 0.2) is 11.5 Å². The van der Waals surface area contributed by atoms with Crippen LogP contribution in [-0.2, 0) is 11.2 Å². The fraction of sp³-hybridized carbons (Fsp3) is 0.458. The maximum Gasteiger partial charge on any atom is 0.262 e. The van der Waals surface area contributed by atoms with Crippen molar-refractivity contribution in [1.82, 2.24) is 9.88 Å². The van der Waals surface area contributed by atoms with E-state index in [1.165, 1.54) is 0 Å². The number of amides is 2. The van der Waals surface area contributed by atoms with Gasteiger partial charge in [-0.1, -0.05) is 23.2 Å². The standard InChI is InChI=1S/C24H25Cl2N3O5/c1-11(2)33-23-19-22(20(25)12(3)21(23)26)32-10-14-6-15(9-29(14)24(19)31)34-18-7-16-13(8-27-18)4-5-17(30)28-16/h7-8,11,14-15H,4-6,9-10H2,1-3H3,(H,28,30)/t14-,15+/m1/s1. The number of nitrogens with one attached hydrogen (secondary N) is 1. The Balaban J connectivity index is 1.41. The molecule has 10 heteroatoms. The summed E-state index contributed by atoms with van der Waals surface area (Å²) in [4.78, 5) is 31.5. The van der Waals surface area contributed by atoms with Crippen molar-refractivity contribution in [2.75, 3.05) is 18.5 Å². The van der Waals surface area contributed by atoms with Gasteiger partial charge in [-0.2, -0.15) is 0 Å². The van der Waals surface area contributed by atoms with Crippen LogP contribution in [0.2, 0.25) is 10.0 Å². The van der Waals surface area contributed by atoms with E-state index in [0.717, 1.165) is 11.3 Å². The molecule has 1 aromatic heterocycles. The minimum absolute atomic E-state index is 0.0210. The van der Waals surface area contributed by atoms with Gasteiger partial charge in [0.1, 0.15) is 18.3 Å². The number of nitrogens with zero attached hydrogens (tertiary/aromatic N) is 2. The zero-order chi connectivity index (χ0) is 24.1. The number of benzene rings is 1. The van der Waals surface area contributed by atoms with Crippen LogP contribution in [0.15, 0.2) is 12.3 Å². The van der Waals surface area contributed by atoms with Crippen LogP contribution in [0.25, 0.3) is 0 Å². The highest BCUT2D eigenvalue weighted by Gasteiger charge is 2.43. The summed E-state index contributed by atoms with van der Waals surface area (Å²) in [5, 5.41) is 3.48. The van der Waals surface area contributed by atoms with Gasteiger partial charge in [-0.15, -0.1) is 0 Å². The van der Waals surface area contributed by atoms with E-state index in [9.17, 15) is 9.59 Å². The van der Waals surface area contributed by atoms with E-state index in [1.807, 2.05) is 13.8 Å². The number of ether oxygens (including phenoxy) is 3. The zero-order valence-corrected chi connectivity index (χ0v) is 20.6. The molecule has 0 saturated carbocycles. The number of carbonyl (C=O) groups is 2. The average Bonchev–Trinajstić information content (AvgIpc) is 3.14. The van der Waals surface area contributed by atoms with E-state index in [4.69, 9.17) is 37.4 Å². The number of halogens is 2. The van der Waals surface area contributed by atoms with Crippen molar-refractivity contribution >= 4 is 40.7 Å². The largest absolute Gasteiger partial charge is 0.489 e. The summed E-state index contributed by atoms with van der Waals surface area (Å²) in [6.07, 6.45) is 2.92. The van der Waals surface area contributed by atoms with Crippen molar-refractivity contribution in [2.24, 2.45) is 0 Å². The molecule has 1 saturated heterocycles. The Morgan fingerprint density at radius 1 is 1.24 bits per heavy atom. The highest BCUT2D eigenvalue weighted by Crippen LogP contribution is 2.47. The number of anilines is 1. The Morgan fingerprint density at radius 3 is 2.79 bits per heavy atom. The number of aromatic nitrogens is 1. The Labute approximate surface area is 207 Å². The quantitative estimate of drug-likeness (QED) is 0.661. The van der Waals surface area contributed by atoms with E-state index >= 15 is 0 Å². The molecule has 0 radical (unpaired) electrons. The van der Waals surface area contributed by atoms with Gasteiger partial charge in [-0.3, -0.25) is 9.59 Å². The molecule has 0 unspecified atom stereocenters. The molecule has 1 fully saturated rings. The summed E-state index contributed by atoms with van der Waals surface area (Å²) in [6, 6.07) is 1.53. The van der Waals surface area contributed by atoms with Gasteiger partial charge in [0.25, 0.3) is 5.91 Å². The summed E-state index contributed by atoms with van der Waals surface area (Å²) in [7, 11) is 0. The number of aryl methyl sites for hydroxylation is 1. The Hall–Kier alpha value is -2.71. The molecular formula is C24H25Cl2N3O5. The van der Waals surface area contributed by atoms with Crippen molar-refractivity contribution in [2.45, 2.75) is 58.3 Å². The van der Waals surface area contributed by atoms with E-state index in [1.54, 1.807) is 24.1 Å². The number of fused-ring (bicyclic) bond motifs is 3. The molecular weight excluding hydrogens is 481 g/mol. The molecule has 0 aliphatic carbocycles. The normalized spacial score (nSPS) is 21.3. The van der Waals surface area contributed by atoms with Gasteiger partial charge in [0, 0.05) is 25.1 Å². The maximum atomic E-state index is 13.7. The van der Waals surface area contributed by atoms with Crippen LogP contribution in [0, 0.1) is 6.92 Å². The summed E-state index contributed by atoms with van der Waals surface area (Å²) < 4.78 is 18.1. The second-order valence-electron chi connectivity index (χ2n) is 9.08. The molecule has 180 valence electrons. The first-order valence-corrected chi connectivity index (χ1v) is 12.1. The van der Waals surface area contributed by atoms with Crippen molar-refractivity contribution in [3.63, 3.8) is 0 Å². The van der Waals surface area contributed by atoms with Crippen LogP contribution in [0.1, 0.15) is 48.2 Å². The SMILES string of the molecule is Cc1c(Cl)c2c(c(OC(C)C)c1Cl)C(=O)N1C[C@@H](Oc3cc4c(cn3)CCC(=O)N4)C[C@@H]1CO2. The van der Waals surface area contributed by atoms with E-state index in [2.05, 4.69) is 10.3 Å². The second kappa shape index (κ2) is 8.82. The van der Waals surface area contributed by atoms with Crippen LogP contribution >= 0.6 is 23.2 Å². The molecule has 2 aromatic rings. The number of hydrogen-bond acceptors (Lipinski definition) is 6. The molecule has 3 aliphatic heterocycles. The second-order valence-corrected chi connectivity index (χ2v) is 9.83. The number of rotatable bonds is 4. The fourth-order valence-corrected chi connectivity index (χ4v) is 5.13. The molecule has 8 nitrogen and oxygen atoms in total. The summed E-state index contributed by atoms with van der Waals surface area (Å²) in [5.41, 5.74) is 2.55. The first kappa shape index (κ1) is 23.1. The lowest BCUT2D eigenvalue weighted by Crippen LogP contribution is -2.37. The predicted molar refractivity (Wildman–Crippen MR) is 128 cm³/mol. The molecule has 1 aromatic carbocycles. The number of carbonyl (C=O) groups excluding carboxylic acids is 2. The summed E-state index contributed by atoms with van der Waals surface area (Å²) >= 11 is 13.1. The van der Waals surface area contributed by atoms with Gasteiger partial charge < -0.3 is 24.4 Å². The lowest BCUT2D eigenvalue weighted by molar-refractivity contribution is -0.116. The van der Waals surface area contributed by atoms with E-state index in [0.29, 0.717) is 53.0 Å². The third kappa shape index (κ3) is 4.03. The lowest BCUT2D eigenvalue weighted by Gasteiger charge is -2.23. The van der Waals surface area contributed by atoms with Gasteiger partial charge in [-0.25, -0.2) is 4.98 Å². The van der Waals surface area contributed by atoms with Crippen molar-refractivity contribution in [3.05, 3.63) is 39.0 Å². The smallest absolute Gasteiger partial charge is 0.262 e. The monoisotopic (exact) mass is 505 g/mol. The highest BCUT2D eigenvalue weighted by atomic mass is 35.5. The third-order valence-electron chi connectivity index (χ3n) is 6.28. The van der Waals surface area contributed by atoms with Crippen LogP contribution in [-0.4, -0.2) is 53.1 Å². The van der Waals surface area contributed by atoms with Crippen molar-refractivity contribution in [1.29, 1.82) is 0 Å². The van der Waals surface area contributed by atoms with Crippen LogP contribution < -0.4 is 19.5 Å². The molecule has 0 bridgehead atoms. The van der Waals surface area contributed by atoms with Crippen molar-refractivity contribution in [3.8, 4) is 17.4 Å². The van der Waals surface area contributed by atoms with Gasteiger partial charge in [0.2, 0.25) is 11.8 Å².